The Labute approximate surface area is 131 Å². The van der Waals surface area contributed by atoms with E-state index >= 15 is 0 Å². The number of anilines is 1. The van der Waals surface area contributed by atoms with Crippen LogP contribution in [-0.4, -0.2) is 14.2 Å². The van der Waals surface area contributed by atoms with Crippen molar-refractivity contribution in [2.75, 3.05) is 4.72 Å². The fraction of sp³-hybridized carbons (Fsp3) is 0.235. The van der Waals surface area contributed by atoms with Gasteiger partial charge in [0.25, 0.3) is 10.0 Å². The van der Waals surface area contributed by atoms with Crippen LogP contribution in [0.3, 0.4) is 0 Å². The zero-order chi connectivity index (χ0) is 16.3. The van der Waals surface area contributed by atoms with Crippen molar-refractivity contribution in [1.82, 2.24) is 0 Å². The number of carbonyl (C=O) groups is 1. The monoisotopic (exact) mass is 317 g/mol. The van der Waals surface area contributed by atoms with Crippen LogP contribution < -0.4 is 4.72 Å². The van der Waals surface area contributed by atoms with Gasteiger partial charge in [0.1, 0.15) is 0 Å². The van der Waals surface area contributed by atoms with Crippen molar-refractivity contribution in [1.29, 1.82) is 0 Å². The molecule has 0 amide bonds. The predicted octanol–water partition coefficient (Wildman–Crippen LogP) is 3.70. The number of Topliss-reactive ketones (excluding diaryl/α,β-unsaturated/α-hetero) is 1. The molecule has 0 bridgehead atoms. The molecule has 22 heavy (non-hydrogen) atoms. The standard InChI is InChI=1S/C17H19NO3S/c1-4-17(19)14-6-5-7-16(11-14)22(20,21)18-15-9-12(2)8-13(3)10-15/h5-11,18H,4H2,1-3H3. The van der Waals surface area contributed by atoms with Gasteiger partial charge in [-0.3, -0.25) is 9.52 Å². The first-order valence-electron chi connectivity index (χ1n) is 7.06. The van der Waals surface area contributed by atoms with Gasteiger partial charge in [-0.05, 0) is 49.2 Å². The summed E-state index contributed by atoms with van der Waals surface area (Å²) in [5, 5.41) is 0. The number of benzene rings is 2. The van der Waals surface area contributed by atoms with Gasteiger partial charge in [0.05, 0.1) is 4.90 Å². The fourth-order valence-electron chi connectivity index (χ4n) is 2.29. The van der Waals surface area contributed by atoms with Crippen molar-refractivity contribution < 1.29 is 13.2 Å². The average molecular weight is 317 g/mol. The van der Waals surface area contributed by atoms with Gasteiger partial charge in [-0.25, -0.2) is 8.42 Å². The third-order valence-corrected chi connectivity index (χ3v) is 4.64. The summed E-state index contributed by atoms with van der Waals surface area (Å²) in [4.78, 5) is 11.8. The van der Waals surface area contributed by atoms with E-state index in [0.717, 1.165) is 11.1 Å². The molecular weight excluding hydrogens is 298 g/mol. The number of rotatable bonds is 5. The Kier molecular flexibility index (Phi) is 4.66. The second-order valence-corrected chi connectivity index (χ2v) is 6.97. The van der Waals surface area contributed by atoms with E-state index in [1.165, 1.54) is 12.1 Å². The highest BCUT2D eigenvalue weighted by atomic mass is 32.2. The Morgan fingerprint density at radius 1 is 1.05 bits per heavy atom. The molecule has 116 valence electrons. The minimum Gasteiger partial charge on any atom is -0.294 e. The van der Waals surface area contributed by atoms with E-state index in [4.69, 9.17) is 0 Å². The number of ketones is 1. The van der Waals surface area contributed by atoms with Gasteiger partial charge >= 0.3 is 0 Å². The molecule has 1 N–H and O–H groups in total. The Bertz CT molecular complexity index is 790. The lowest BCUT2D eigenvalue weighted by Gasteiger charge is -2.10. The maximum Gasteiger partial charge on any atom is 0.261 e. The topological polar surface area (TPSA) is 63.2 Å². The molecule has 0 aliphatic carbocycles. The molecule has 0 aliphatic rings. The summed E-state index contributed by atoms with van der Waals surface area (Å²) in [7, 11) is -3.71. The van der Waals surface area contributed by atoms with Crippen LogP contribution in [0.2, 0.25) is 0 Å². The molecule has 0 heterocycles. The van der Waals surface area contributed by atoms with Gasteiger partial charge in [0.15, 0.2) is 5.78 Å². The van der Waals surface area contributed by atoms with Crippen molar-refractivity contribution in [3.05, 3.63) is 59.2 Å². The fourth-order valence-corrected chi connectivity index (χ4v) is 3.37. The van der Waals surface area contributed by atoms with Crippen molar-refractivity contribution >= 4 is 21.5 Å². The van der Waals surface area contributed by atoms with E-state index in [0.29, 0.717) is 17.7 Å². The molecule has 0 aliphatic heterocycles. The smallest absolute Gasteiger partial charge is 0.261 e. The summed E-state index contributed by atoms with van der Waals surface area (Å²) in [6, 6.07) is 11.6. The highest BCUT2D eigenvalue weighted by molar-refractivity contribution is 7.92. The summed E-state index contributed by atoms with van der Waals surface area (Å²) >= 11 is 0. The molecule has 4 nitrogen and oxygen atoms in total. The van der Waals surface area contributed by atoms with Crippen LogP contribution >= 0.6 is 0 Å². The Morgan fingerprint density at radius 3 is 2.27 bits per heavy atom. The lowest BCUT2D eigenvalue weighted by atomic mass is 10.1. The second-order valence-electron chi connectivity index (χ2n) is 5.29. The van der Waals surface area contributed by atoms with Gasteiger partial charge in [-0.1, -0.05) is 25.1 Å². The summed E-state index contributed by atoms with van der Waals surface area (Å²) in [5.74, 6) is -0.0801. The lowest BCUT2D eigenvalue weighted by molar-refractivity contribution is 0.0988. The Balaban J connectivity index is 2.36. The maximum atomic E-state index is 12.5. The molecule has 0 atom stereocenters. The van der Waals surface area contributed by atoms with Crippen LogP contribution in [-0.2, 0) is 10.0 Å². The summed E-state index contributed by atoms with van der Waals surface area (Å²) < 4.78 is 27.5. The van der Waals surface area contributed by atoms with E-state index in [1.54, 1.807) is 31.2 Å². The quantitative estimate of drug-likeness (QED) is 0.855. The van der Waals surface area contributed by atoms with E-state index in [1.807, 2.05) is 19.9 Å². The van der Waals surface area contributed by atoms with E-state index in [-0.39, 0.29) is 10.7 Å². The van der Waals surface area contributed by atoms with Crippen molar-refractivity contribution in [3.8, 4) is 0 Å². The van der Waals surface area contributed by atoms with Gasteiger partial charge < -0.3 is 0 Å². The van der Waals surface area contributed by atoms with Crippen molar-refractivity contribution in [2.24, 2.45) is 0 Å². The average Bonchev–Trinajstić information content (AvgIpc) is 2.45. The highest BCUT2D eigenvalue weighted by Crippen LogP contribution is 2.20. The van der Waals surface area contributed by atoms with E-state index in [2.05, 4.69) is 4.72 Å². The van der Waals surface area contributed by atoms with Gasteiger partial charge in [0.2, 0.25) is 0 Å². The minimum absolute atomic E-state index is 0.0801. The maximum absolute atomic E-state index is 12.5. The molecule has 2 aromatic rings. The molecule has 0 saturated carbocycles. The first-order chi connectivity index (χ1) is 10.3. The van der Waals surface area contributed by atoms with Crippen LogP contribution in [0.5, 0.6) is 0 Å². The van der Waals surface area contributed by atoms with E-state index in [9.17, 15) is 13.2 Å². The zero-order valence-corrected chi connectivity index (χ0v) is 13.7. The molecule has 0 aromatic heterocycles. The minimum atomic E-state index is -3.71. The van der Waals surface area contributed by atoms with Crippen LogP contribution in [0.1, 0.15) is 34.8 Å². The van der Waals surface area contributed by atoms with Crippen LogP contribution in [0.4, 0.5) is 5.69 Å². The van der Waals surface area contributed by atoms with Crippen LogP contribution in [0.25, 0.3) is 0 Å². The largest absolute Gasteiger partial charge is 0.294 e. The van der Waals surface area contributed by atoms with Crippen molar-refractivity contribution in [3.63, 3.8) is 0 Å². The predicted molar refractivity (Wildman–Crippen MR) is 87.8 cm³/mol. The normalized spacial score (nSPS) is 11.2. The van der Waals surface area contributed by atoms with Gasteiger partial charge in [0, 0.05) is 17.7 Å². The zero-order valence-electron chi connectivity index (χ0n) is 12.9. The van der Waals surface area contributed by atoms with Crippen molar-refractivity contribution in [2.45, 2.75) is 32.1 Å². The highest BCUT2D eigenvalue weighted by Gasteiger charge is 2.16. The molecule has 2 aromatic carbocycles. The first kappa shape index (κ1) is 16.2. The lowest BCUT2D eigenvalue weighted by Crippen LogP contribution is -2.14. The van der Waals surface area contributed by atoms with E-state index < -0.39 is 10.0 Å². The number of aryl methyl sites for hydroxylation is 2. The second kappa shape index (κ2) is 6.32. The Hall–Kier alpha value is -2.14. The third kappa shape index (κ3) is 3.74. The summed E-state index contributed by atoms with van der Waals surface area (Å²) in [6.45, 7) is 5.56. The van der Waals surface area contributed by atoms with Crippen LogP contribution in [0, 0.1) is 13.8 Å². The molecule has 0 saturated heterocycles. The number of carbonyl (C=O) groups excluding carboxylic acids is 1. The molecular formula is C17H19NO3S. The number of nitrogens with one attached hydrogen (secondary N) is 1. The summed E-state index contributed by atoms with van der Waals surface area (Å²) in [6.07, 6.45) is 0.341. The molecule has 0 spiro atoms. The van der Waals surface area contributed by atoms with Gasteiger partial charge in [-0.2, -0.15) is 0 Å². The van der Waals surface area contributed by atoms with Gasteiger partial charge in [-0.15, -0.1) is 0 Å². The van der Waals surface area contributed by atoms with Crippen LogP contribution in [0.15, 0.2) is 47.4 Å². The molecule has 2 rings (SSSR count). The Morgan fingerprint density at radius 2 is 1.68 bits per heavy atom. The first-order valence-corrected chi connectivity index (χ1v) is 8.54. The SMILES string of the molecule is CCC(=O)c1cccc(S(=O)(=O)Nc2cc(C)cc(C)c2)c1. The third-order valence-electron chi connectivity index (χ3n) is 3.26. The molecule has 5 heteroatoms. The summed E-state index contributed by atoms with van der Waals surface area (Å²) in [5.41, 5.74) is 2.88. The number of hydrogen-bond donors (Lipinski definition) is 1. The molecule has 0 fully saturated rings. The molecule has 0 radical (unpaired) electrons. The molecule has 0 unspecified atom stereocenters. The number of hydrogen-bond acceptors (Lipinski definition) is 3. The number of sulfonamides is 1.